The quantitative estimate of drug-likeness (QED) is 0.693. The van der Waals surface area contributed by atoms with Gasteiger partial charge in [-0.3, -0.25) is 10.0 Å². The molecule has 1 aromatic carbocycles. The molecule has 1 heterocycles. The number of nitrogens with zero attached hydrogens (tertiary/aromatic N) is 1. The second-order valence-corrected chi connectivity index (χ2v) is 3.89. The summed E-state index contributed by atoms with van der Waals surface area (Å²) in [5, 5.41) is 9.63. The summed E-state index contributed by atoms with van der Waals surface area (Å²) in [7, 11) is 0. The van der Waals surface area contributed by atoms with E-state index in [-0.39, 0.29) is 11.2 Å². The molecule has 0 aromatic heterocycles. The first-order chi connectivity index (χ1) is 6.29. The van der Waals surface area contributed by atoms with Crippen LogP contribution in [0.3, 0.4) is 0 Å². The maximum absolute atomic E-state index is 11.4. The minimum absolute atomic E-state index is 0.226. The average Bonchev–Trinajstić information content (AvgIpc) is 2.49. The predicted molar refractivity (Wildman–Crippen MR) is 50.3 cm³/mol. The minimum atomic E-state index is -0.230. The zero-order chi connectivity index (χ0) is 9.26. The van der Waals surface area contributed by atoms with Crippen molar-refractivity contribution in [1.29, 1.82) is 0 Å². The first-order valence-corrected chi connectivity index (χ1v) is 5.01. The number of benzene rings is 1. The molecule has 3 nitrogen and oxygen atoms in total. The van der Waals surface area contributed by atoms with E-state index in [1.54, 1.807) is 0 Å². The molecule has 1 aliphatic heterocycles. The lowest BCUT2D eigenvalue weighted by Crippen LogP contribution is -2.22. The highest BCUT2D eigenvalue weighted by Crippen LogP contribution is 2.36. The molecule has 1 amide bonds. The van der Waals surface area contributed by atoms with Crippen LogP contribution in [-0.2, 0) is 4.79 Å². The minimum Gasteiger partial charge on any atom is -0.285 e. The van der Waals surface area contributed by atoms with Gasteiger partial charge in [0.15, 0.2) is 0 Å². The van der Waals surface area contributed by atoms with Crippen LogP contribution in [0.15, 0.2) is 30.3 Å². The average molecular weight is 195 g/mol. The molecule has 68 valence electrons. The van der Waals surface area contributed by atoms with Gasteiger partial charge in [0.25, 0.3) is 5.91 Å². The van der Waals surface area contributed by atoms with Crippen molar-refractivity contribution in [2.45, 2.75) is 5.25 Å². The van der Waals surface area contributed by atoms with E-state index in [1.165, 1.54) is 11.8 Å². The molecule has 1 saturated heterocycles. The highest BCUT2D eigenvalue weighted by atomic mass is 32.2. The van der Waals surface area contributed by atoms with Crippen LogP contribution in [0.2, 0.25) is 0 Å². The van der Waals surface area contributed by atoms with Crippen molar-refractivity contribution in [3.8, 4) is 0 Å². The van der Waals surface area contributed by atoms with E-state index < -0.39 is 0 Å². The number of carbonyl (C=O) groups excluding carboxylic acids is 1. The molecular formula is C9H9NO2S. The van der Waals surface area contributed by atoms with Gasteiger partial charge < -0.3 is 0 Å². The standard InChI is InChI=1S/C9H9NO2S/c11-9-8(13-6-10(9)12)7-4-2-1-3-5-7/h1-5,8,12H,6H2/t8-/m1/s1. The zero-order valence-electron chi connectivity index (χ0n) is 6.88. The molecule has 0 bridgehead atoms. The van der Waals surface area contributed by atoms with Gasteiger partial charge in [0.05, 0.1) is 5.88 Å². The lowest BCUT2D eigenvalue weighted by Gasteiger charge is -2.07. The van der Waals surface area contributed by atoms with Crippen molar-refractivity contribution >= 4 is 17.7 Å². The second-order valence-electron chi connectivity index (χ2n) is 2.82. The van der Waals surface area contributed by atoms with Gasteiger partial charge in [-0.1, -0.05) is 30.3 Å². The fraction of sp³-hybridized carbons (Fsp3) is 0.222. The Morgan fingerprint density at radius 1 is 1.38 bits per heavy atom. The van der Waals surface area contributed by atoms with E-state index >= 15 is 0 Å². The van der Waals surface area contributed by atoms with Crippen molar-refractivity contribution in [3.63, 3.8) is 0 Å². The Bertz CT molecular complexity index is 315. The molecule has 1 aliphatic rings. The molecule has 1 N–H and O–H groups in total. The van der Waals surface area contributed by atoms with E-state index in [1.807, 2.05) is 30.3 Å². The Hall–Kier alpha value is -1.00. The Balaban J connectivity index is 2.24. The van der Waals surface area contributed by atoms with E-state index in [2.05, 4.69) is 0 Å². The maximum atomic E-state index is 11.4. The van der Waals surface area contributed by atoms with E-state index in [0.717, 1.165) is 10.6 Å². The number of hydroxylamine groups is 2. The zero-order valence-corrected chi connectivity index (χ0v) is 7.70. The number of amides is 1. The second kappa shape index (κ2) is 3.40. The Morgan fingerprint density at radius 2 is 2.08 bits per heavy atom. The smallest absolute Gasteiger partial charge is 0.264 e. The summed E-state index contributed by atoms with van der Waals surface area (Å²) in [6, 6.07) is 9.49. The van der Waals surface area contributed by atoms with Gasteiger partial charge >= 0.3 is 0 Å². The van der Waals surface area contributed by atoms with E-state index in [4.69, 9.17) is 5.21 Å². The SMILES string of the molecule is O=C1[C@@H](c2ccccc2)SCN1O. The molecule has 0 unspecified atom stereocenters. The number of hydrogen-bond acceptors (Lipinski definition) is 3. The monoisotopic (exact) mass is 195 g/mol. The van der Waals surface area contributed by atoms with Crippen molar-refractivity contribution in [3.05, 3.63) is 35.9 Å². The van der Waals surface area contributed by atoms with Crippen LogP contribution in [0.1, 0.15) is 10.8 Å². The van der Waals surface area contributed by atoms with E-state index in [9.17, 15) is 4.79 Å². The molecular weight excluding hydrogens is 186 g/mol. The normalized spacial score (nSPS) is 22.4. The first-order valence-electron chi connectivity index (χ1n) is 3.96. The highest BCUT2D eigenvalue weighted by molar-refractivity contribution is 8.00. The van der Waals surface area contributed by atoms with Gasteiger partial charge in [0.1, 0.15) is 5.25 Å². The van der Waals surface area contributed by atoms with Crippen molar-refractivity contribution < 1.29 is 10.0 Å². The molecule has 1 aromatic rings. The topological polar surface area (TPSA) is 40.5 Å². The van der Waals surface area contributed by atoms with Crippen LogP contribution in [0.25, 0.3) is 0 Å². The van der Waals surface area contributed by atoms with Gasteiger partial charge in [0.2, 0.25) is 0 Å². The third-order valence-corrected chi connectivity index (χ3v) is 3.15. The molecule has 0 aliphatic carbocycles. The summed E-state index contributed by atoms with van der Waals surface area (Å²) >= 11 is 1.44. The molecule has 1 atom stereocenters. The van der Waals surface area contributed by atoms with Crippen LogP contribution in [0.4, 0.5) is 0 Å². The molecule has 2 rings (SSSR count). The molecule has 4 heteroatoms. The first kappa shape index (κ1) is 8.59. The molecule has 13 heavy (non-hydrogen) atoms. The van der Waals surface area contributed by atoms with Crippen LogP contribution in [0.5, 0.6) is 0 Å². The van der Waals surface area contributed by atoms with Crippen LogP contribution < -0.4 is 0 Å². The molecule has 1 fully saturated rings. The van der Waals surface area contributed by atoms with Crippen LogP contribution in [-0.4, -0.2) is 22.1 Å². The summed E-state index contributed by atoms with van der Waals surface area (Å²) in [5.74, 6) is 0.134. The lowest BCUT2D eigenvalue weighted by atomic mass is 10.1. The van der Waals surface area contributed by atoms with Crippen LogP contribution in [0, 0.1) is 0 Å². The Labute approximate surface area is 80.3 Å². The molecule has 0 saturated carbocycles. The van der Waals surface area contributed by atoms with Gasteiger partial charge in [-0.05, 0) is 5.56 Å². The van der Waals surface area contributed by atoms with Gasteiger partial charge in [-0.15, -0.1) is 11.8 Å². The van der Waals surface area contributed by atoms with Crippen molar-refractivity contribution in [1.82, 2.24) is 5.06 Å². The summed E-state index contributed by atoms with van der Waals surface area (Å²) in [4.78, 5) is 11.4. The predicted octanol–water partition coefficient (Wildman–Crippen LogP) is 1.65. The van der Waals surface area contributed by atoms with Crippen molar-refractivity contribution in [2.24, 2.45) is 0 Å². The number of carbonyl (C=O) groups is 1. The van der Waals surface area contributed by atoms with Gasteiger partial charge in [-0.25, -0.2) is 5.06 Å². The van der Waals surface area contributed by atoms with Crippen LogP contribution >= 0.6 is 11.8 Å². The summed E-state index contributed by atoms with van der Waals surface area (Å²) < 4.78 is 0. The van der Waals surface area contributed by atoms with Crippen molar-refractivity contribution in [2.75, 3.05) is 5.88 Å². The largest absolute Gasteiger partial charge is 0.285 e. The Kier molecular flexibility index (Phi) is 2.24. The highest BCUT2D eigenvalue weighted by Gasteiger charge is 2.32. The number of rotatable bonds is 1. The van der Waals surface area contributed by atoms with Gasteiger partial charge in [-0.2, -0.15) is 0 Å². The number of hydrogen-bond donors (Lipinski definition) is 1. The summed E-state index contributed by atoms with van der Waals surface area (Å²) in [6.45, 7) is 0. The Morgan fingerprint density at radius 3 is 2.62 bits per heavy atom. The fourth-order valence-corrected chi connectivity index (χ4v) is 2.31. The molecule has 0 radical (unpaired) electrons. The third kappa shape index (κ3) is 1.55. The summed E-state index contributed by atoms with van der Waals surface area (Å²) in [5.41, 5.74) is 0.953. The molecule has 0 spiro atoms. The van der Waals surface area contributed by atoms with E-state index in [0.29, 0.717) is 5.88 Å². The van der Waals surface area contributed by atoms with Gasteiger partial charge in [0, 0.05) is 0 Å². The summed E-state index contributed by atoms with van der Waals surface area (Å²) in [6.07, 6.45) is 0. The number of thioether (sulfide) groups is 1. The fourth-order valence-electron chi connectivity index (χ4n) is 1.28. The lowest BCUT2D eigenvalue weighted by molar-refractivity contribution is -0.157. The maximum Gasteiger partial charge on any atom is 0.264 e. The third-order valence-electron chi connectivity index (χ3n) is 1.94.